The topological polar surface area (TPSA) is 64.6 Å². The Kier molecular flexibility index (Phi) is 7.70. The standard InChI is InChI=1S/C26H29NO4S/c1-6-30-26(29)24-22(21-12-7-17(4)13-18(21)5)15-32-25(24)27-23(28)14-31-20-10-8-19(9-11-20)16(2)3/h7-13,15-16H,6,14H2,1-5H3,(H,27,28). The highest BCUT2D eigenvalue weighted by atomic mass is 32.1. The summed E-state index contributed by atoms with van der Waals surface area (Å²) in [6.45, 7) is 10.1. The van der Waals surface area contributed by atoms with Crippen molar-refractivity contribution in [1.82, 2.24) is 0 Å². The van der Waals surface area contributed by atoms with Gasteiger partial charge in [-0.05, 0) is 55.5 Å². The Bertz CT molecular complexity index is 1100. The molecule has 0 fully saturated rings. The highest BCUT2D eigenvalue weighted by Crippen LogP contribution is 2.38. The van der Waals surface area contributed by atoms with E-state index in [2.05, 4.69) is 25.2 Å². The van der Waals surface area contributed by atoms with Gasteiger partial charge in [0.05, 0.1) is 6.61 Å². The van der Waals surface area contributed by atoms with Crippen LogP contribution in [-0.4, -0.2) is 25.1 Å². The van der Waals surface area contributed by atoms with Gasteiger partial charge in [0.25, 0.3) is 5.91 Å². The first kappa shape index (κ1) is 23.5. The van der Waals surface area contributed by atoms with E-state index in [1.165, 1.54) is 16.9 Å². The van der Waals surface area contributed by atoms with E-state index in [4.69, 9.17) is 9.47 Å². The second kappa shape index (κ2) is 10.5. The number of carbonyl (C=O) groups excluding carboxylic acids is 2. The van der Waals surface area contributed by atoms with Crippen LogP contribution in [0.4, 0.5) is 5.00 Å². The van der Waals surface area contributed by atoms with Gasteiger partial charge in [-0.2, -0.15) is 0 Å². The van der Waals surface area contributed by atoms with Crippen LogP contribution in [0.25, 0.3) is 11.1 Å². The van der Waals surface area contributed by atoms with Gasteiger partial charge in [-0.25, -0.2) is 4.79 Å². The van der Waals surface area contributed by atoms with E-state index in [1.54, 1.807) is 6.92 Å². The number of nitrogens with one attached hydrogen (secondary N) is 1. The smallest absolute Gasteiger partial charge is 0.341 e. The maximum Gasteiger partial charge on any atom is 0.341 e. The van der Waals surface area contributed by atoms with Crippen molar-refractivity contribution in [2.24, 2.45) is 0 Å². The van der Waals surface area contributed by atoms with Gasteiger partial charge in [0.1, 0.15) is 16.3 Å². The molecule has 0 radical (unpaired) electrons. The molecule has 0 saturated carbocycles. The molecule has 0 unspecified atom stereocenters. The van der Waals surface area contributed by atoms with E-state index in [0.717, 1.165) is 22.3 Å². The number of benzene rings is 2. The van der Waals surface area contributed by atoms with Crippen LogP contribution in [0.15, 0.2) is 47.8 Å². The highest BCUT2D eigenvalue weighted by molar-refractivity contribution is 7.15. The van der Waals surface area contributed by atoms with Crippen LogP contribution >= 0.6 is 11.3 Å². The van der Waals surface area contributed by atoms with E-state index in [-0.39, 0.29) is 19.1 Å². The fourth-order valence-corrected chi connectivity index (χ4v) is 4.39. The van der Waals surface area contributed by atoms with Crippen molar-refractivity contribution in [1.29, 1.82) is 0 Å². The number of thiophene rings is 1. The van der Waals surface area contributed by atoms with Crippen LogP contribution in [0, 0.1) is 13.8 Å². The molecule has 0 saturated heterocycles. The molecule has 32 heavy (non-hydrogen) atoms. The lowest BCUT2D eigenvalue weighted by Gasteiger charge is -2.11. The van der Waals surface area contributed by atoms with Gasteiger partial charge in [0.15, 0.2) is 6.61 Å². The number of amides is 1. The molecule has 2 aromatic carbocycles. The third-order valence-electron chi connectivity index (χ3n) is 5.11. The van der Waals surface area contributed by atoms with Crippen LogP contribution in [0.3, 0.4) is 0 Å². The summed E-state index contributed by atoms with van der Waals surface area (Å²) in [5.74, 6) is 0.262. The van der Waals surface area contributed by atoms with Gasteiger partial charge in [0.2, 0.25) is 0 Å². The predicted octanol–water partition coefficient (Wildman–Crippen LogP) is 6.35. The Labute approximate surface area is 193 Å². The fraction of sp³-hybridized carbons (Fsp3) is 0.308. The van der Waals surface area contributed by atoms with E-state index < -0.39 is 5.97 Å². The van der Waals surface area contributed by atoms with Crippen molar-refractivity contribution in [3.63, 3.8) is 0 Å². The van der Waals surface area contributed by atoms with Crippen LogP contribution in [0.2, 0.25) is 0 Å². The summed E-state index contributed by atoms with van der Waals surface area (Å²) in [5.41, 5.74) is 5.48. The molecule has 3 rings (SSSR count). The third-order valence-corrected chi connectivity index (χ3v) is 6.01. The monoisotopic (exact) mass is 451 g/mol. The maximum atomic E-state index is 12.7. The molecule has 0 spiro atoms. The molecule has 0 aliphatic heterocycles. The Morgan fingerprint density at radius 1 is 1.03 bits per heavy atom. The predicted molar refractivity (Wildman–Crippen MR) is 130 cm³/mol. The van der Waals surface area contributed by atoms with Gasteiger partial charge < -0.3 is 14.8 Å². The number of carbonyl (C=O) groups is 2. The summed E-state index contributed by atoms with van der Waals surface area (Å²) in [5, 5.41) is 5.16. The van der Waals surface area contributed by atoms with E-state index in [9.17, 15) is 9.59 Å². The van der Waals surface area contributed by atoms with E-state index in [1.807, 2.05) is 55.6 Å². The first-order valence-electron chi connectivity index (χ1n) is 10.7. The van der Waals surface area contributed by atoms with Crippen LogP contribution in [-0.2, 0) is 9.53 Å². The molecule has 3 aromatic rings. The quantitative estimate of drug-likeness (QED) is 0.405. The molecule has 5 nitrogen and oxygen atoms in total. The summed E-state index contributed by atoms with van der Waals surface area (Å²) in [6, 6.07) is 13.8. The van der Waals surface area contributed by atoms with Crippen molar-refractivity contribution in [2.45, 2.75) is 40.5 Å². The number of ether oxygens (including phenoxy) is 2. The zero-order chi connectivity index (χ0) is 23.3. The number of hydrogen-bond acceptors (Lipinski definition) is 5. The van der Waals surface area contributed by atoms with Gasteiger partial charge in [-0.15, -0.1) is 11.3 Å². The zero-order valence-corrected chi connectivity index (χ0v) is 20.0. The molecule has 1 amide bonds. The Morgan fingerprint density at radius 3 is 2.38 bits per heavy atom. The minimum Gasteiger partial charge on any atom is -0.484 e. The van der Waals surface area contributed by atoms with Crippen molar-refractivity contribution in [3.8, 4) is 16.9 Å². The van der Waals surface area contributed by atoms with Crippen molar-refractivity contribution in [2.75, 3.05) is 18.5 Å². The van der Waals surface area contributed by atoms with Crippen molar-refractivity contribution in [3.05, 3.63) is 70.1 Å². The zero-order valence-electron chi connectivity index (χ0n) is 19.2. The van der Waals surface area contributed by atoms with Gasteiger partial charge >= 0.3 is 5.97 Å². The molecule has 0 bridgehead atoms. The van der Waals surface area contributed by atoms with Crippen LogP contribution in [0.5, 0.6) is 5.75 Å². The number of aryl methyl sites for hydroxylation is 2. The first-order chi connectivity index (χ1) is 15.3. The number of esters is 1. The third kappa shape index (κ3) is 5.56. The van der Waals surface area contributed by atoms with Gasteiger partial charge in [-0.3, -0.25) is 4.79 Å². The lowest BCUT2D eigenvalue weighted by molar-refractivity contribution is -0.118. The SMILES string of the molecule is CCOC(=O)c1c(-c2ccc(C)cc2C)csc1NC(=O)COc1ccc(C(C)C)cc1. The average molecular weight is 452 g/mol. The minimum absolute atomic E-state index is 0.153. The molecule has 168 valence electrons. The summed E-state index contributed by atoms with van der Waals surface area (Å²) in [7, 11) is 0. The highest BCUT2D eigenvalue weighted by Gasteiger charge is 2.23. The van der Waals surface area contributed by atoms with Crippen LogP contribution in [0.1, 0.15) is 53.7 Å². The second-order valence-corrected chi connectivity index (χ2v) is 8.83. The van der Waals surface area contributed by atoms with Crippen LogP contribution < -0.4 is 10.1 Å². The van der Waals surface area contributed by atoms with Gasteiger partial charge in [0, 0.05) is 10.9 Å². The molecule has 0 atom stereocenters. The van der Waals surface area contributed by atoms with Crippen molar-refractivity contribution >= 4 is 28.2 Å². The summed E-state index contributed by atoms with van der Waals surface area (Å²) >= 11 is 1.30. The molecule has 0 aliphatic rings. The normalized spacial score (nSPS) is 10.8. The molecule has 1 N–H and O–H groups in total. The summed E-state index contributed by atoms with van der Waals surface area (Å²) < 4.78 is 10.9. The second-order valence-electron chi connectivity index (χ2n) is 7.95. The average Bonchev–Trinajstić information content (AvgIpc) is 3.16. The van der Waals surface area contributed by atoms with Gasteiger partial charge in [-0.1, -0.05) is 49.7 Å². The first-order valence-corrected chi connectivity index (χ1v) is 11.6. The van der Waals surface area contributed by atoms with E-state index in [0.29, 0.717) is 22.2 Å². The molecule has 1 aromatic heterocycles. The molecule has 0 aliphatic carbocycles. The number of hydrogen-bond donors (Lipinski definition) is 1. The lowest BCUT2D eigenvalue weighted by Crippen LogP contribution is -2.21. The number of rotatable bonds is 8. The summed E-state index contributed by atoms with van der Waals surface area (Å²) in [6.07, 6.45) is 0. The lowest BCUT2D eigenvalue weighted by atomic mass is 9.97. The molecule has 1 heterocycles. The maximum absolute atomic E-state index is 12.7. The Morgan fingerprint density at radius 2 is 1.75 bits per heavy atom. The van der Waals surface area contributed by atoms with E-state index >= 15 is 0 Å². The fourth-order valence-electron chi connectivity index (χ4n) is 3.43. The summed E-state index contributed by atoms with van der Waals surface area (Å²) in [4.78, 5) is 25.3. The Hall–Kier alpha value is -3.12. The minimum atomic E-state index is -0.454. The molecule has 6 heteroatoms. The Balaban J connectivity index is 1.78. The molecular weight excluding hydrogens is 422 g/mol. The molecular formula is C26H29NO4S. The van der Waals surface area contributed by atoms with Crippen molar-refractivity contribution < 1.29 is 19.1 Å². The largest absolute Gasteiger partial charge is 0.484 e. The number of anilines is 1.